The Balaban J connectivity index is 2.42. The Morgan fingerprint density at radius 2 is 1.62 bits per heavy atom. The van der Waals surface area contributed by atoms with Crippen LogP contribution in [0.1, 0.15) is 10.4 Å². The monoisotopic (exact) mass is 286 g/mol. The van der Waals surface area contributed by atoms with Gasteiger partial charge in [-0.05, 0) is 18.2 Å². The molecule has 6 nitrogen and oxygen atoms in total. The molecule has 21 heavy (non-hydrogen) atoms. The van der Waals surface area contributed by atoms with Gasteiger partial charge in [-0.25, -0.2) is 0 Å². The number of benzene rings is 2. The predicted molar refractivity (Wildman–Crippen MR) is 77.6 cm³/mol. The minimum absolute atomic E-state index is 0.0986. The predicted octanol–water partition coefficient (Wildman–Crippen LogP) is 3.09. The number of para-hydroxylation sites is 3. The van der Waals surface area contributed by atoms with Gasteiger partial charge in [0.2, 0.25) is 5.75 Å². The average molecular weight is 286 g/mol. The minimum Gasteiger partial charge on any atom is -0.449 e. The second-order valence-electron chi connectivity index (χ2n) is 4.52. The fourth-order valence-corrected chi connectivity index (χ4v) is 1.79. The largest absolute Gasteiger partial charge is 0.449 e. The molecule has 2 aromatic carbocycles. The third-order valence-electron chi connectivity index (χ3n) is 2.81. The van der Waals surface area contributed by atoms with Crippen LogP contribution in [0.4, 0.5) is 5.69 Å². The molecule has 0 saturated heterocycles. The molecule has 0 aliphatic heterocycles. The molecular weight excluding hydrogens is 272 g/mol. The van der Waals surface area contributed by atoms with E-state index in [9.17, 15) is 14.9 Å². The SMILES string of the molecule is CN(C)C(=O)c1ccccc1Oc1ccccc1[N+](=O)[O-]. The van der Waals surface area contributed by atoms with E-state index in [1.54, 1.807) is 50.5 Å². The van der Waals surface area contributed by atoms with Crippen LogP contribution in [0.25, 0.3) is 0 Å². The second-order valence-corrected chi connectivity index (χ2v) is 4.52. The van der Waals surface area contributed by atoms with E-state index < -0.39 is 4.92 Å². The molecule has 0 N–H and O–H groups in total. The van der Waals surface area contributed by atoms with Crippen LogP contribution >= 0.6 is 0 Å². The maximum absolute atomic E-state index is 12.1. The number of hydrogen-bond donors (Lipinski definition) is 0. The van der Waals surface area contributed by atoms with E-state index in [1.807, 2.05) is 0 Å². The summed E-state index contributed by atoms with van der Waals surface area (Å²) in [5, 5.41) is 11.0. The Kier molecular flexibility index (Phi) is 4.18. The number of ether oxygens (including phenoxy) is 1. The van der Waals surface area contributed by atoms with Gasteiger partial charge in [0.25, 0.3) is 5.91 Å². The third-order valence-corrected chi connectivity index (χ3v) is 2.81. The minimum atomic E-state index is -0.522. The zero-order chi connectivity index (χ0) is 15.4. The molecule has 0 spiro atoms. The van der Waals surface area contributed by atoms with Crippen LogP contribution in [0.5, 0.6) is 11.5 Å². The molecule has 0 radical (unpaired) electrons. The highest BCUT2D eigenvalue weighted by Crippen LogP contribution is 2.32. The molecule has 0 aliphatic rings. The summed E-state index contributed by atoms with van der Waals surface area (Å²) in [7, 11) is 3.26. The number of nitro groups is 1. The molecule has 0 bridgehead atoms. The van der Waals surface area contributed by atoms with Crippen molar-refractivity contribution in [1.82, 2.24) is 4.90 Å². The van der Waals surface area contributed by atoms with Crippen molar-refractivity contribution in [3.63, 3.8) is 0 Å². The van der Waals surface area contributed by atoms with Gasteiger partial charge in [0, 0.05) is 20.2 Å². The molecule has 0 atom stereocenters. The third kappa shape index (κ3) is 3.17. The van der Waals surface area contributed by atoms with Crippen molar-refractivity contribution in [2.24, 2.45) is 0 Å². The summed E-state index contributed by atoms with van der Waals surface area (Å²) in [5.41, 5.74) is 0.199. The van der Waals surface area contributed by atoms with Crippen LogP contribution in [0.3, 0.4) is 0 Å². The van der Waals surface area contributed by atoms with E-state index >= 15 is 0 Å². The molecule has 2 rings (SSSR count). The lowest BCUT2D eigenvalue weighted by atomic mass is 10.2. The molecule has 108 valence electrons. The van der Waals surface area contributed by atoms with Gasteiger partial charge in [0.15, 0.2) is 0 Å². The van der Waals surface area contributed by atoms with E-state index in [0.717, 1.165) is 0 Å². The van der Waals surface area contributed by atoms with Crippen LogP contribution in [-0.2, 0) is 0 Å². The van der Waals surface area contributed by atoms with Crippen molar-refractivity contribution in [1.29, 1.82) is 0 Å². The van der Waals surface area contributed by atoms with E-state index in [-0.39, 0.29) is 23.1 Å². The van der Waals surface area contributed by atoms with E-state index in [0.29, 0.717) is 5.56 Å². The van der Waals surface area contributed by atoms with Gasteiger partial charge in [-0.1, -0.05) is 24.3 Å². The van der Waals surface area contributed by atoms with Crippen molar-refractivity contribution in [3.8, 4) is 11.5 Å². The van der Waals surface area contributed by atoms with Crippen molar-refractivity contribution in [2.75, 3.05) is 14.1 Å². The average Bonchev–Trinajstić information content (AvgIpc) is 2.47. The summed E-state index contributed by atoms with van der Waals surface area (Å²) < 4.78 is 5.58. The zero-order valence-corrected chi connectivity index (χ0v) is 11.6. The van der Waals surface area contributed by atoms with Gasteiger partial charge in [0.05, 0.1) is 10.5 Å². The Morgan fingerprint density at radius 1 is 1.05 bits per heavy atom. The maximum Gasteiger partial charge on any atom is 0.311 e. The normalized spacial score (nSPS) is 10.0. The van der Waals surface area contributed by atoms with Crippen LogP contribution in [-0.4, -0.2) is 29.8 Å². The van der Waals surface area contributed by atoms with E-state index in [2.05, 4.69) is 0 Å². The fourth-order valence-electron chi connectivity index (χ4n) is 1.79. The lowest BCUT2D eigenvalue weighted by Gasteiger charge is -2.14. The number of nitro benzene ring substituents is 1. The quantitative estimate of drug-likeness (QED) is 0.639. The molecule has 0 unspecified atom stereocenters. The Hall–Kier alpha value is -2.89. The summed E-state index contributed by atoms with van der Waals surface area (Å²) >= 11 is 0. The summed E-state index contributed by atoms with van der Waals surface area (Å²) in [4.78, 5) is 24.0. The van der Waals surface area contributed by atoms with Gasteiger partial charge in [-0.2, -0.15) is 0 Å². The Bertz CT molecular complexity index is 683. The van der Waals surface area contributed by atoms with Gasteiger partial charge in [0.1, 0.15) is 5.75 Å². The topological polar surface area (TPSA) is 72.7 Å². The molecular formula is C15H14N2O4. The molecule has 1 amide bonds. The molecule has 0 saturated carbocycles. The number of carbonyl (C=O) groups excluding carboxylic acids is 1. The van der Waals surface area contributed by atoms with Gasteiger partial charge >= 0.3 is 5.69 Å². The molecule has 0 aromatic heterocycles. The summed E-state index contributed by atoms with van der Waals surface area (Å²) in [6.07, 6.45) is 0. The smallest absolute Gasteiger partial charge is 0.311 e. The lowest BCUT2D eigenvalue weighted by Crippen LogP contribution is -2.22. The summed E-state index contributed by atoms with van der Waals surface area (Å²) in [5.74, 6) is 0.149. The van der Waals surface area contributed by atoms with Crippen molar-refractivity contribution < 1.29 is 14.5 Å². The summed E-state index contributed by atoms with van der Waals surface area (Å²) in [6.45, 7) is 0. The standard InChI is InChI=1S/C15H14N2O4/c1-16(2)15(18)11-7-3-5-9-13(11)21-14-10-6-4-8-12(14)17(19)20/h3-10H,1-2H3. The highest BCUT2D eigenvalue weighted by atomic mass is 16.6. The lowest BCUT2D eigenvalue weighted by molar-refractivity contribution is -0.385. The molecule has 0 aliphatic carbocycles. The number of nitrogens with zero attached hydrogens (tertiary/aromatic N) is 2. The molecule has 6 heteroatoms. The van der Waals surface area contributed by atoms with Gasteiger partial charge in [-0.3, -0.25) is 14.9 Å². The van der Waals surface area contributed by atoms with Crippen LogP contribution in [0, 0.1) is 10.1 Å². The zero-order valence-electron chi connectivity index (χ0n) is 11.6. The number of hydrogen-bond acceptors (Lipinski definition) is 4. The first-order valence-electron chi connectivity index (χ1n) is 6.22. The maximum atomic E-state index is 12.1. The van der Waals surface area contributed by atoms with Crippen molar-refractivity contribution in [3.05, 3.63) is 64.2 Å². The van der Waals surface area contributed by atoms with Crippen LogP contribution < -0.4 is 4.74 Å². The van der Waals surface area contributed by atoms with Crippen molar-refractivity contribution in [2.45, 2.75) is 0 Å². The van der Waals surface area contributed by atoms with Gasteiger partial charge in [-0.15, -0.1) is 0 Å². The van der Waals surface area contributed by atoms with Crippen LogP contribution in [0.15, 0.2) is 48.5 Å². The number of carbonyl (C=O) groups is 1. The number of rotatable bonds is 4. The molecule has 0 fully saturated rings. The first-order chi connectivity index (χ1) is 10.0. The van der Waals surface area contributed by atoms with Crippen molar-refractivity contribution >= 4 is 11.6 Å². The Labute approximate surface area is 121 Å². The highest BCUT2D eigenvalue weighted by Gasteiger charge is 2.18. The van der Waals surface area contributed by atoms with Gasteiger partial charge < -0.3 is 9.64 Å². The fraction of sp³-hybridized carbons (Fsp3) is 0.133. The first-order valence-corrected chi connectivity index (χ1v) is 6.22. The Morgan fingerprint density at radius 3 is 2.24 bits per heavy atom. The molecule has 0 heterocycles. The first kappa shape index (κ1) is 14.5. The highest BCUT2D eigenvalue weighted by molar-refractivity contribution is 5.96. The number of amides is 1. The summed E-state index contributed by atoms with van der Waals surface area (Å²) in [6, 6.07) is 12.7. The molecule has 2 aromatic rings. The van der Waals surface area contributed by atoms with E-state index in [4.69, 9.17) is 4.74 Å². The van der Waals surface area contributed by atoms with E-state index in [1.165, 1.54) is 17.0 Å². The van der Waals surface area contributed by atoms with Crippen LogP contribution in [0.2, 0.25) is 0 Å². The second kappa shape index (κ2) is 6.04.